The first-order chi connectivity index (χ1) is 7.31. The van der Waals surface area contributed by atoms with Gasteiger partial charge >= 0.3 is 0 Å². The van der Waals surface area contributed by atoms with E-state index in [9.17, 15) is 0 Å². The van der Waals surface area contributed by atoms with Crippen LogP contribution in [0.1, 0.15) is 32.6 Å². The van der Waals surface area contributed by atoms with Gasteiger partial charge in [0.2, 0.25) is 0 Å². The SMILES string of the molecule is CC1CCN(CC2CC3CC2CN3)CC1. The van der Waals surface area contributed by atoms with Crippen LogP contribution in [0.25, 0.3) is 0 Å². The smallest absolute Gasteiger partial charge is 0.00736 e. The highest BCUT2D eigenvalue weighted by Crippen LogP contribution is 2.37. The molecule has 2 saturated heterocycles. The molecule has 2 heteroatoms. The Kier molecular flexibility index (Phi) is 2.73. The van der Waals surface area contributed by atoms with E-state index in [1.165, 1.54) is 51.9 Å². The van der Waals surface area contributed by atoms with Gasteiger partial charge in [-0.1, -0.05) is 6.92 Å². The summed E-state index contributed by atoms with van der Waals surface area (Å²) in [5.41, 5.74) is 0. The van der Waals surface area contributed by atoms with Gasteiger partial charge in [-0.2, -0.15) is 0 Å². The topological polar surface area (TPSA) is 15.3 Å². The summed E-state index contributed by atoms with van der Waals surface area (Å²) in [4.78, 5) is 2.73. The zero-order valence-corrected chi connectivity index (χ0v) is 9.91. The number of likely N-dealkylation sites (tertiary alicyclic amines) is 1. The van der Waals surface area contributed by atoms with E-state index < -0.39 is 0 Å². The second kappa shape index (κ2) is 4.06. The summed E-state index contributed by atoms with van der Waals surface area (Å²) in [6.07, 6.45) is 5.78. The van der Waals surface area contributed by atoms with Crippen molar-refractivity contribution in [2.24, 2.45) is 17.8 Å². The molecule has 3 fully saturated rings. The van der Waals surface area contributed by atoms with Crippen molar-refractivity contribution in [3.05, 3.63) is 0 Å². The molecule has 0 radical (unpaired) electrons. The van der Waals surface area contributed by atoms with Crippen molar-refractivity contribution < 1.29 is 0 Å². The van der Waals surface area contributed by atoms with Crippen LogP contribution in [0.3, 0.4) is 0 Å². The van der Waals surface area contributed by atoms with Crippen LogP contribution in [0.4, 0.5) is 0 Å². The van der Waals surface area contributed by atoms with Crippen molar-refractivity contribution in [1.82, 2.24) is 10.2 Å². The number of hydrogen-bond donors (Lipinski definition) is 1. The molecule has 3 unspecified atom stereocenters. The minimum Gasteiger partial charge on any atom is -0.314 e. The van der Waals surface area contributed by atoms with E-state index in [1.807, 2.05) is 0 Å². The number of nitrogens with one attached hydrogen (secondary N) is 1. The fourth-order valence-electron chi connectivity index (χ4n) is 3.75. The van der Waals surface area contributed by atoms with Crippen LogP contribution < -0.4 is 5.32 Å². The zero-order valence-electron chi connectivity index (χ0n) is 9.91. The first-order valence-electron chi connectivity index (χ1n) is 6.77. The predicted molar refractivity (Wildman–Crippen MR) is 62.8 cm³/mol. The third-order valence-electron chi connectivity index (χ3n) is 4.88. The Morgan fingerprint density at radius 3 is 2.60 bits per heavy atom. The maximum Gasteiger partial charge on any atom is 0.00736 e. The van der Waals surface area contributed by atoms with Gasteiger partial charge in [0.05, 0.1) is 0 Å². The van der Waals surface area contributed by atoms with Crippen molar-refractivity contribution >= 4 is 0 Å². The normalized spacial score (nSPS) is 42.6. The van der Waals surface area contributed by atoms with Crippen molar-refractivity contribution in [2.45, 2.75) is 38.6 Å². The van der Waals surface area contributed by atoms with Crippen LogP contribution in [0.5, 0.6) is 0 Å². The summed E-state index contributed by atoms with van der Waals surface area (Å²) in [7, 11) is 0. The third kappa shape index (κ3) is 2.07. The average Bonchev–Trinajstić information content (AvgIpc) is 2.83. The molecule has 0 aromatic carbocycles. The summed E-state index contributed by atoms with van der Waals surface area (Å²) in [5, 5.41) is 3.61. The Morgan fingerprint density at radius 1 is 1.20 bits per heavy atom. The third-order valence-corrected chi connectivity index (χ3v) is 4.88. The Labute approximate surface area is 93.4 Å². The van der Waals surface area contributed by atoms with Gasteiger partial charge in [-0.05, 0) is 63.1 Å². The van der Waals surface area contributed by atoms with Crippen LogP contribution in [0.15, 0.2) is 0 Å². The van der Waals surface area contributed by atoms with E-state index in [0.717, 1.165) is 23.8 Å². The van der Waals surface area contributed by atoms with Gasteiger partial charge in [0, 0.05) is 12.6 Å². The van der Waals surface area contributed by atoms with Crippen LogP contribution in [-0.4, -0.2) is 37.1 Å². The molecule has 86 valence electrons. The molecule has 3 atom stereocenters. The highest BCUT2D eigenvalue weighted by atomic mass is 15.1. The fourth-order valence-corrected chi connectivity index (χ4v) is 3.75. The Balaban J connectivity index is 1.49. The van der Waals surface area contributed by atoms with Gasteiger partial charge in [0.1, 0.15) is 0 Å². The van der Waals surface area contributed by atoms with E-state index in [0.29, 0.717) is 0 Å². The summed E-state index contributed by atoms with van der Waals surface area (Å²) >= 11 is 0. The second-order valence-corrected chi connectivity index (χ2v) is 6.08. The highest BCUT2D eigenvalue weighted by molar-refractivity contribution is 4.96. The van der Waals surface area contributed by atoms with E-state index in [-0.39, 0.29) is 0 Å². The average molecular weight is 208 g/mol. The number of hydrogen-bond acceptors (Lipinski definition) is 2. The quantitative estimate of drug-likeness (QED) is 0.743. The van der Waals surface area contributed by atoms with E-state index in [2.05, 4.69) is 17.1 Å². The molecule has 1 aliphatic carbocycles. The van der Waals surface area contributed by atoms with Crippen molar-refractivity contribution in [1.29, 1.82) is 0 Å². The monoisotopic (exact) mass is 208 g/mol. The molecule has 0 aromatic rings. The summed E-state index contributed by atoms with van der Waals surface area (Å²) < 4.78 is 0. The molecule has 0 spiro atoms. The number of rotatable bonds is 2. The largest absolute Gasteiger partial charge is 0.314 e. The Hall–Kier alpha value is -0.0800. The van der Waals surface area contributed by atoms with Gasteiger partial charge < -0.3 is 10.2 Å². The first-order valence-corrected chi connectivity index (χ1v) is 6.77. The van der Waals surface area contributed by atoms with Crippen molar-refractivity contribution in [2.75, 3.05) is 26.2 Å². The lowest BCUT2D eigenvalue weighted by Gasteiger charge is -2.34. The molecule has 15 heavy (non-hydrogen) atoms. The molecule has 2 bridgehead atoms. The fraction of sp³-hybridized carbons (Fsp3) is 1.00. The van der Waals surface area contributed by atoms with Crippen molar-refractivity contribution in [3.63, 3.8) is 0 Å². The summed E-state index contributed by atoms with van der Waals surface area (Å²) in [6, 6.07) is 0.878. The van der Waals surface area contributed by atoms with Gasteiger partial charge in [-0.15, -0.1) is 0 Å². The van der Waals surface area contributed by atoms with Crippen LogP contribution >= 0.6 is 0 Å². The minimum absolute atomic E-state index is 0.878. The van der Waals surface area contributed by atoms with Crippen LogP contribution in [-0.2, 0) is 0 Å². The standard InChI is InChI=1S/C13H24N2/c1-10-2-4-15(5-3-10)9-12-7-13-6-11(12)8-14-13/h10-14H,2-9H2,1H3. The zero-order chi connectivity index (χ0) is 10.3. The maximum absolute atomic E-state index is 3.61. The van der Waals surface area contributed by atoms with E-state index in [4.69, 9.17) is 0 Å². The van der Waals surface area contributed by atoms with Gasteiger partial charge in [-0.3, -0.25) is 0 Å². The highest BCUT2D eigenvalue weighted by Gasteiger charge is 2.39. The van der Waals surface area contributed by atoms with E-state index in [1.54, 1.807) is 0 Å². The molecule has 2 heterocycles. The minimum atomic E-state index is 0.878. The molecule has 1 N–H and O–H groups in total. The molecule has 0 amide bonds. The number of nitrogens with zero attached hydrogens (tertiary/aromatic N) is 1. The molecule has 2 nitrogen and oxygen atoms in total. The number of fused-ring (bicyclic) bond motifs is 2. The molecular formula is C13H24N2. The lowest BCUT2D eigenvalue weighted by molar-refractivity contribution is 0.147. The second-order valence-electron chi connectivity index (χ2n) is 6.08. The molecular weight excluding hydrogens is 184 g/mol. The molecule has 1 saturated carbocycles. The summed E-state index contributed by atoms with van der Waals surface area (Å²) in [6.45, 7) is 7.83. The lowest BCUT2D eigenvalue weighted by atomic mass is 9.92. The maximum atomic E-state index is 3.61. The first kappa shape index (κ1) is 10.1. The van der Waals surface area contributed by atoms with Gasteiger partial charge in [-0.25, -0.2) is 0 Å². The molecule has 0 aromatic heterocycles. The number of piperidine rings is 2. The molecule has 3 aliphatic rings. The van der Waals surface area contributed by atoms with Crippen LogP contribution in [0.2, 0.25) is 0 Å². The van der Waals surface area contributed by atoms with E-state index >= 15 is 0 Å². The molecule has 3 rings (SSSR count). The Bertz CT molecular complexity index is 221. The molecule has 2 aliphatic heterocycles. The summed E-state index contributed by atoms with van der Waals surface area (Å²) in [5.74, 6) is 3.00. The predicted octanol–water partition coefficient (Wildman–Crippen LogP) is 1.72. The van der Waals surface area contributed by atoms with Gasteiger partial charge in [0.15, 0.2) is 0 Å². The van der Waals surface area contributed by atoms with Gasteiger partial charge in [0.25, 0.3) is 0 Å². The van der Waals surface area contributed by atoms with Crippen LogP contribution in [0, 0.1) is 17.8 Å². The lowest BCUT2D eigenvalue weighted by Crippen LogP contribution is -2.40. The Morgan fingerprint density at radius 2 is 2.00 bits per heavy atom. The van der Waals surface area contributed by atoms with Crippen molar-refractivity contribution in [3.8, 4) is 0 Å².